The highest BCUT2D eigenvalue weighted by atomic mass is 32.2. The van der Waals surface area contributed by atoms with Gasteiger partial charge in [-0.3, -0.25) is 4.18 Å². The van der Waals surface area contributed by atoms with Gasteiger partial charge in [0.1, 0.15) is 0 Å². The van der Waals surface area contributed by atoms with E-state index in [4.69, 9.17) is 0 Å². The lowest BCUT2D eigenvalue weighted by Crippen LogP contribution is -1.83. The topological polar surface area (TPSA) is 43.4 Å². The van der Waals surface area contributed by atoms with E-state index < -0.39 is 11.0 Å². The normalized spacial score (nSPS) is 9.15. The van der Waals surface area contributed by atoms with Gasteiger partial charge < -0.3 is 0 Å². The molecule has 0 aliphatic carbocycles. The second-order valence-electron chi connectivity index (χ2n) is 2.30. The first-order valence-corrected chi connectivity index (χ1v) is 5.05. The first-order valence-electron chi connectivity index (χ1n) is 3.95. The minimum atomic E-state index is -2.60. The van der Waals surface area contributed by atoms with Crippen molar-refractivity contribution in [3.63, 3.8) is 0 Å². The van der Waals surface area contributed by atoms with Gasteiger partial charge in [0.2, 0.25) is 0 Å². The van der Waals surface area contributed by atoms with Crippen LogP contribution < -0.4 is 0 Å². The Morgan fingerprint density at radius 1 is 1.23 bits per heavy atom. The van der Waals surface area contributed by atoms with E-state index in [9.17, 15) is 8.42 Å². The maximum absolute atomic E-state index is 9.41. The fourth-order valence-electron chi connectivity index (χ4n) is 0.640. The first kappa shape index (κ1) is 12.1. The standard InChI is InChI=1S/C7H8.C2H6O3S/c1-7-5-3-2-4-6-7;1-2-5-6(3)4/h2-6H,1H3;6H,2H2,1H3. The van der Waals surface area contributed by atoms with E-state index in [-0.39, 0.29) is 6.61 Å². The Hall–Kier alpha value is -0.870. The number of rotatable bonds is 2. The van der Waals surface area contributed by atoms with Gasteiger partial charge in [0.25, 0.3) is 11.0 Å². The number of thiol groups is 1. The summed E-state index contributed by atoms with van der Waals surface area (Å²) in [5, 5.41) is 0. The van der Waals surface area contributed by atoms with Crippen LogP contribution in [-0.2, 0) is 15.2 Å². The first-order chi connectivity index (χ1) is 6.16. The molecule has 0 atom stereocenters. The Morgan fingerprint density at radius 2 is 1.77 bits per heavy atom. The summed E-state index contributed by atoms with van der Waals surface area (Å²) in [6.07, 6.45) is 0. The smallest absolute Gasteiger partial charge is 0.257 e. The lowest BCUT2D eigenvalue weighted by molar-refractivity contribution is 0.354. The summed E-state index contributed by atoms with van der Waals surface area (Å²) >= 11 is 0. The van der Waals surface area contributed by atoms with Gasteiger partial charge in [-0.05, 0) is 13.8 Å². The zero-order valence-corrected chi connectivity index (χ0v) is 8.66. The predicted octanol–water partition coefficient (Wildman–Crippen LogP) is 1.54. The number of hydrogen-bond acceptors (Lipinski definition) is 3. The van der Waals surface area contributed by atoms with E-state index >= 15 is 0 Å². The quantitative estimate of drug-likeness (QED) is 0.740. The van der Waals surface area contributed by atoms with Gasteiger partial charge in [-0.25, -0.2) is 8.42 Å². The molecule has 3 nitrogen and oxygen atoms in total. The van der Waals surface area contributed by atoms with Crippen LogP contribution in [0.4, 0.5) is 0 Å². The fourth-order valence-corrected chi connectivity index (χ4v) is 0.851. The van der Waals surface area contributed by atoms with Crippen LogP contribution in [0.15, 0.2) is 30.3 Å². The SMILES string of the molecule is CCO[SH](=O)=O.Cc1ccccc1. The minimum absolute atomic E-state index is 0.235. The highest BCUT2D eigenvalue weighted by Gasteiger charge is 1.72. The second-order valence-corrected chi connectivity index (χ2v) is 3.00. The number of benzene rings is 1. The molecule has 1 rings (SSSR count). The molecule has 1 aromatic rings. The zero-order valence-electron chi connectivity index (χ0n) is 7.77. The lowest BCUT2D eigenvalue weighted by atomic mass is 10.2. The Bertz CT molecular complexity index is 272. The maximum Gasteiger partial charge on any atom is 0.257 e. The molecule has 0 aliphatic heterocycles. The van der Waals surface area contributed by atoms with Gasteiger partial charge >= 0.3 is 0 Å². The van der Waals surface area contributed by atoms with E-state index in [1.54, 1.807) is 6.92 Å². The summed E-state index contributed by atoms with van der Waals surface area (Å²) in [5.41, 5.74) is 1.32. The van der Waals surface area contributed by atoms with E-state index in [2.05, 4.69) is 23.2 Å². The number of hydrogen-bond donors (Lipinski definition) is 1. The molecular formula is C9H14O3S. The molecule has 0 unspecified atom stereocenters. The lowest BCUT2D eigenvalue weighted by Gasteiger charge is -1.82. The monoisotopic (exact) mass is 202 g/mol. The predicted molar refractivity (Wildman–Crippen MR) is 53.1 cm³/mol. The van der Waals surface area contributed by atoms with Crippen LogP contribution in [0.25, 0.3) is 0 Å². The summed E-state index contributed by atoms with van der Waals surface area (Å²) in [6, 6.07) is 10.3. The van der Waals surface area contributed by atoms with Crippen molar-refractivity contribution in [3.05, 3.63) is 35.9 Å². The van der Waals surface area contributed by atoms with E-state index in [1.807, 2.05) is 18.2 Å². The summed E-state index contributed by atoms with van der Waals surface area (Å²) in [4.78, 5) is 0. The largest absolute Gasteiger partial charge is 0.272 e. The van der Waals surface area contributed by atoms with E-state index in [1.165, 1.54) is 5.56 Å². The van der Waals surface area contributed by atoms with Crippen LogP contribution in [0, 0.1) is 6.92 Å². The third-order valence-electron chi connectivity index (χ3n) is 1.17. The van der Waals surface area contributed by atoms with Crippen molar-refractivity contribution >= 4 is 11.0 Å². The molecule has 0 N–H and O–H groups in total. The van der Waals surface area contributed by atoms with Gasteiger partial charge in [-0.1, -0.05) is 35.9 Å². The molecule has 0 fully saturated rings. The van der Waals surface area contributed by atoms with Crippen LogP contribution in [0.2, 0.25) is 0 Å². The van der Waals surface area contributed by atoms with E-state index in [0.717, 1.165) is 0 Å². The van der Waals surface area contributed by atoms with Gasteiger partial charge in [0.15, 0.2) is 0 Å². The summed E-state index contributed by atoms with van der Waals surface area (Å²) in [7, 11) is -2.60. The van der Waals surface area contributed by atoms with E-state index in [0.29, 0.717) is 0 Å². The minimum Gasteiger partial charge on any atom is -0.272 e. The fraction of sp³-hybridized carbons (Fsp3) is 0.333. The molecule has 0 saturated heterocycles. The molecule has 1 aromatic carbocycles. The molecule has 0 aliphatic rings. The molecule has 0 heterocycles. The zero-order chi connectivity index (χ0) is 10.1. The average Bonchev–Trinajstić information content (AvgIpc) is 2.06. The van der Waals surface area contributed by atoms with Crippen LogP contribution in [0.5, 0.6) is 0 Å². The summed E-state index contributed by atoms with van der Waals surface area (Å²) in [6.45, 7) is 3.93. The van der Waals surface area contributed by atoms with Crippen LogP contribution >= 0.6 is 0 Å². The van der Waals surface area contributed by atoms with Crippen molar-refractivity contribution < 1.29 is 12.6 Å². The van der Waals surface area contributed by atoms with Crippen LogP contribution in [0.1, 0.15) is 12.5 Å². The van der Waals surface area contributed by atoms with Crippen molar-refractivity contribution in [1.29, 1.82) is 0 Å². The Labute approximate surface area is 80.5 Å². The summed E-state index contributed by atoms with van der Waals surface area (Å²) in [5.74, 6) is 0. The van der Waals surface area contributed by atoms with Crippen molar-refractivity contribution in [2.45, 2.75) is 13.8 Å². The van der Waals surface area contributed by atoms with Crippen molar-refractivity contribution in [3.8, 4) is 0 Å². The van der Waals surface area contributed by atoms with Crippen molar-refractivity contribution in [2.75, 3.05) is 6.61 Å². The Kier molecular flexibility index (Phi) is 7.24. The van der Waals surface area contributed by atoms with Gasteiger partial charge in [0, 0.05) is 0 Å². The molecule has 0 spiro atoms. The van der Waals surface area contributed by atoms with Gasteiger partial charge in [-0.2, -0.15) is 0 Å². The number of aryl methyl sites for hydroxylation is 1. The molecule has 0 saturated carbocycles. The molecule has 0 radical (unpaired) electrons. The van der Waals surface area contributed by atoms with Gasteiger partial charge in [0.05, 0.1) is 6.61 Å². The third kappa shape index (κ3) is 9.04. The molecule has 0 amide bonds. The molecule has 0 aromatic heterocycles. The Morgan fingerprint density at radius 3 is 1.92 bits per heavy atom. The third-order valence-corrected chi connectivity index (χ3v) is 1.64. The maximum atomic E-state index is 9.41. The van der Waals surface area contributed by atoms with Crippen molar-refractivity contribution in [2.24, 2.45) is 0 Å². The van der Waals surface area contributed by atoms with Crippen LogP contribution in [0.3, 0.4) is 0 Å². The highest BCUT2D eigenvalue weighted by Crippen LogP contribution is 1.92. The van der Waals surface area contributed by atoms with Crippen molar-refractivity contribution in [1.82, 2.24) is 0 Å². The van der Waals surface area contributed by atoms with Gasteiger partial charge in [-0.15, -0.1) is 0 Å². The molecule has 74 valence electrons. The highest BCUT2D eigenvalue weighted by molar-refractivity contribution is 7.67. The Balaban J connectivity index is 0.000000226. The molecule has 13 heavy (non-hydrogen) atoms. The second kappa shape index (κ2) is 7.76. The molecule has 0 bridgehead atoms. The average molecular weight is 202 g/mol. The summed E-state index contributed by atoms with van der Waals surface area (Å²) < 4.78 is 22.8. The molecule has 4 heteroatoms. The molecular weight excluding hydrogens is 188 g/mol. The van der Waals surface area contributed by atoms with Crippen LogP contribution in [-0.4, -0.2) is 15.0 Å².